The highest BCUT2D eigenvalue weighted by Crippen LogP contribution is 2.09. The van der Waals surface area contributed by atoms with Gasteiger partial charge in [0.25, 0.3) is 0 Å². The average molecular weight is 162 g/mol. The summed E-state index contributed by atoms with van der Waals surface area (Å²) < 4.78 is 0. The van der Waals surface area contributed by atoms with Crippen molar-refractivity contribution >= 4 is 5.69 Å². The van der Waals surface area contributed by atoms with E-state index in [1.807, 2.05) is 30.3 Å². The molecule has 0 aromatic heterocycles. The third kappa shape index (κ3) is 3.28. The van der Waals surface area contributed by atoms with Crippen LogP contribution in [-0.4, -0.2) is 6.54 Å². The molecule has 0 N–H and O–H groups in total. The van der Waals surface area contributed by atoms with Crippen LogP contribution in [-0.2, 0) is 0 Å². The fourth-order valence-corrected chi connectivity index (χ4v) is 0.855. The number of nitrogens with zero attached hydrogens (tertiary/aromatic N) is 2. The monoisotopic (exact) mass is 162 g/mol. The molecule has 64 valence electrons. The van der Waals surface area contributed by atoms with Gasteiger partial charge in [0.1, 0.15) is 0 Å². The van der Waals surface area contributed by atoms with E-state index in [0.29, 0.717) is 0 Å². The molecule has 12 heavy (non-hydrogen) atoms. The smallest absolute Gasteiger partial charge is 0.0852 e. The number of azo groups is 1. The van der Waals surface area contributed by atoms with Crippen LogP contribution in [0.3, 0.4) is 0 Å². The van der Waals surface area contributed by atoms with Crippen LogP contribution in [0.2, 0.25) is 0 Å². The van der Waals surface area contributed by atoms with Crippen LogP contribution in [0.25, 0.3) is 0 Å². The van der Waals surface area contributed by atoms with Crippen molar-refractivity contribution in [3.63, 3.8) is 0 Å². The van der Waals surface area contributed by atoms with E-state index in [4.69, 9.17) is 0 Å². The van der Waals surface area contributed by atoms with E-state index in [1.54, 1.807) is 0 Å². The molecule has 1 aromatic rings. The molecule has 0 bridgehead atoms. The summed E-state index contributed by atoms with van der Waals surface area (Å²) in [6.45, 7) is 2.99. The number of benzene rings is 1. The number of unbranched alkanes of at least 4 members (excludes halogenated alkanes) is 1. The number of hydrogen-bond acceptors (Lipinski definition) is 2. The van der Waals surface area contributed by atoms with Crippen LogP contribution in [0.5, 0.6) is 0 Å². The summed E-state index contributed by atoms with van der Waals surface area (Å²) in [5, 5.41) is 8.13. The second-order valence-electron chi connectivity index (χ2n) is 2.65. The summed E-state index contributed by atoms with van der Waals surface area (Å²) in [6.07, 6.45) is 2.30. The summed E-state index contributed by atoms with van der Waals surface area (Å²) in [4.78, 5) is 0. The molecule has 0 fully saturated rings. The van der Waals surface area contributed by atoms with Crippen molar-refractivity contribution < 1.29 is 0 Å². The van der Waals surface area contributed by atoms with Crippen LogP contribution in [0.4, 0.5) is 5.69 Å². The molecule has 0 aliphatic carbocycles. The van der Waals surface area contributed by atoms with E-state index in [-0.39, 0.29) is 0 Å². The Balaban J connectivity index is 2.36. The first-order valence-electron chi connectivity index (χ1n) is 4.36. The lowest BCUT2D eigenvalue weighted by Crippen LogP contribution is -1.74. The van der Waals surface area contributed by atoms with Gasteiger partial charge in [0, 0.05) is 0 Å². The van der Waals surface area contributed by atoms with E-state index in [1.165, 1.54) is 6.42 Å². The third-order valence-electron chi connectivity index (χ3n) is 1.55. The Hall–Kier alpha value is -1.18. The molecular formula is C10H14N2. The Bertz CT molecular complexity index is 229. The van der Waals surface area contributed by atoms with Crippen LogP contribution in [0.15, 0.2) is 40.6 Å². The summed E-state index contributed by atoms with van der Waals surface area (Å²) in [5.41, 5.74) is 0.939. The lowest BCUT2D eigenvalue weighted by Gasteiger charge is -1.90. The highest BCUT2D eigenvalue weighted by Gasteiger charge is 1.83. The molecule has 0 radical (unpaired) electrons. The quantitative estimate of drug-likeness (QED) is 0.477. The lowest BCUT2D eigenvalue weighted by molar-refractivity contribution is 0.780. The molecule has 1 aromatic carbocycles. The maximum Gasteiger partial charge on any atom is 0.0852 e. The second kappa shape index (κ2) is 5.47. The Morgan fingerprint density at radius 2 is 1.92 bits per heavy atom. The molecule has 1 rings (SSSR count). The third-order valence-corrected chi connectivity index (χ3v) is 1.55. The van der Waals surface area contributed by atoms with Crippen LogP contribution in [0, 0.1) is 0 Å². The van der Waals surface area contributed by atoms with Crippen molar-refractivity contribution in [3.05, 3.63) is 30.3 Å². The lowest BCUT2D eigenvalue weighted by atomic mass is 10.3. The maximum absolute atomic E-state index is 4.07. The van der Waals surface area contributed by atoms with E-state index >= 15 is 0 Å². The SMILES string of the molecule is CCCC/N=N/c1ccccc1. The molecule has 0 amide bonds. The Morgan fingerprint density at radius 3 is 2.58 bits per heavy atom. The summed E-state index contributed by atoms with van der Waals surface area (Å²) >= 11 is 0. The zero-order chi connectivity index (χ0) is 8.65. The summed E-state index contributed by atoms with van der Waals surface area (Å²) in [6, 6.07) is 9.82. The predicted molar refractivity (Wildman–Crippen MR) is 50.7 cm³/mol. The van der Waals surface area contributed by atoms with Gasteiger partial charge in [-0.25, -0.2) is 0 Å². The van der Waals surface area contributed by atoms with Gasteiger partial charge >= 0.3 is 0 Å². The van der Waals surface area contributed by atoms with Crippen LogP contribution < -0.4 is 0 Å². The molecule has 2 heteroatoms. The van der Waals surface area contributed by atoms with Gasteiger partial charge in [0.15, 0.2) is 0 Å². The first-order valence-corrected chi connectivity index (χ1v) is 4.36. The Morgan fingerprint density at radius 1 is 1.17 bits per heavy atom. The van der Waals surface area contributed by atoms with E-state index in [0.717, 1.165) is 18.7 Å². The molecule has 2 nitrogen and oxygen atoms in total. The predicted octanol–water partition coefficient (Wildman–Crippen LogP) is 3.57. The van der Waals surface area contributed by atoms with E-state index < -0.39 is 0 Å². The van der Waals surface area contributed by atoms with Crippen molar-refractivity contribution in [2.45, 2.75) is 19.8 Å². The zero-order valence-corrected chi connectivity index (χ0v) is 7.40. The number of rotatable bonds is 4. The van der Waals surface area contributed by atoms with Crippen molar-refractivity contribution in [1.29, 1.82) is 0 Å². The largest absolute Gasteiger partial charge is 0.189 e. The van der Waals surface area contributed by atoms with Gasteiger partial charge < -0.3 is 0 Å². The fraction of sp³-hybridized carbons (Fsp3) is 0.400. The van der Waals surface area contributed by atoms with E-state index in [2.05, 4.69) is 17.2 Å². The molecule has 0 aliphatic heterocycles. The molecular weight excluding hydrogens is 148 g/mol. The van der Waals surface area contributed by atoms with Crippen molar-refractivity contribution in [1.82, 2.24) is 0 Å². The molecule has 0 atom stereocenters. The first-order chi connectivity index (χ1) is 5.93. The minimum absolute atomic E-state index is 0.839. The first kappa shape index (κ1) is 8.91. The summed E-state index contributed by atoms with van der Waals surface area (Å²) in [5.74, 6) is 0. The number of hydrogen-bond donors (Lipinski definition) is 0. The Kier molecular flexibility index (Phi) is 4.06. The van der Waals surface area contributed by atoms with Gasteiger partial charge in [-0.1, -0.05) is 31.5 Å². The highest BCUT2D eigenvalue weighted by molar-refractivity contribution is 5.34. The molecule has 0 spiro atoms. The molecule has 0 saturated carbocycles. The minimum atomic E-state index is 0.839. The van der Waals surface area contributed by atoms with Crippen molar-refractivity contribution in [2.75, 3.05) is 6.54 Å². The fourth-order valence-electron chi connectivity index (χ4n) is 0.855. The van der Waals surface area contributed by atoms with Crippen LogP contribution >= 0.6 is 0 Å². The van der Waals surface area contributed by atoms with Crippen molar-refractivity contribution in [2.24, 2.45) is 10.2 Å². The topological polar surface area (TPSA) is 24.7 Å². The second-order valence-corrected chi connectivity index (χ2v) is 2.65. The van der Waals surface area contributed by atoms with Gasteiger partial charge in [-0.15, -0.1) is 0 Å². The molecule has 0 saturated heterocycles. The zero-order valence-electron chi connectivity index (χ0n) is 7.40. The maximum atomic E-state index is 4.07. The Labute approximate surface area is 73.3 Å². The van der Waals surface area contributed by atoms with E-state index in [9.17, 15) is 0 Å². The van der Waals surface area contributed by atoms with Gasteiger partial charge in [-0.2, -0.15) is 10.2 Å². The molecule has 0 heterocycles. The van der Waals surface area contributed by atoms with Gasteiger partial charge in [0.2, 0.25) is 0 Å². The van der Waals surface area contributed by atoms with Gasteiger partial charge in [-0.3, -0.25) is 0 Å². The highest BCUT2D eigenvalue weighted by atomic mass is 15.1. The summed E-state index contributed by atoms with van der Waals surface area (Å²) in [7, 11) is 0. The van der Waals surface area contributed by atoms with Gasteiger partial charge in [0.05, 0.1) is 12.2 Å². The molecule has 0 aliphatic rings. The normalized spacial score (nSPS) is 10.8. The average Bonchev–Trinajstić information content (AvgIpc) is 2.14. The van der Waals surface area contributed by atoms with Gasteiger partial charge in [-0.05, 0) is 18.6 Å². The minimum Gasteiger partial charge on any atom is -0.189 e. The van der Waals surface area contributed by atoms with Crippen molar-refractivity contribution in [3.8, 4) is 0 Å². The van der Waals surface area contributed by atoms with Crippen LogP contribution in [0.1, 0.15) is 19.8 Å². The molecule has 0 unspecified atom stereocenters. The standard InChI is InChI=1S/C10H14N2/c1-2-3-9-11-12-10-7-5-4-6-8-10/h4-8H,2-3,9H2,1H3/b12-11+.